The molecule has 0 bridgehead atoms. The lowest BCUT2D eigenvalue weighted by Crippen LogP contribution is -2.27. The Balaban J connectivity index is 2.89. The first-order valence-electron chi connectivity index (χ1n) is 4.24. The maximum absolute atomic E-state index is 11.8. The lowest BCUT2D eigenvalue weighted by atomic mass is 10.5. The minimum absolute atomic E-state index is 0.188. The van der Waals surface area contributed by atoms with Crippen molar-refractivity contribution in [2.75, 3.05) is 13.6 Å². The van der Waals surface area contributed by atoms with E-state index in [9.17, 15) is 8.42 Å². The number of hydrogen-bond acceptors (Lipinski definition) is 5. The van der Waals surface area contributed by atoms with Crippen molar-refractivity contribution in [2.24, 2.45) is 0 Å². The molecule has 0 amide bonds. The van der Waals surface area contributed by atoms with Crippen LogP contribution in [0.5, 0.6) is 0 Å². The smallest absolute Gasteiger partial charge is 0.249 e. The second-order valence-corrected chi connectivity index (χ2v) is 6.44. The normalized spacial score (nSPS) is 11.6. The molecule has 5 nitrogen and oxygen atoms in total. The summed E-state index contributed by atoms with van der Waals surface area (Å²) in [4.78, 5) is 3.89. The average Bonchev–Trinajstić information content (AvgIpc) is 2.61. The van der Waals surface area contributed by atoms with Crippen LogP contribution in [0.4, 0.5) is 0 Å². The standard InChI is InChI=1S/C8H11N3O2S2/c1-7-10-6-8(14-7)15(12,13)11(2)5-3-4-9/h6H,3,5H2,1-2H3. The summed E-state index contributed by atoms with van der Waals surface area (Å²) in [5, 5.41) is 9.08. The van der Waals surface area contributed by atoms with Crippen molar-refractivity contribution in [3.63, 3.8) is 0 Å². The average molecular weight is 245 g/mol. The van der Waals surface area contributed by atoms with Crippen LogP contribution in [0, 0.1) is 18.3 Å². The Labute approximate surface area is 93.0 Å². The van der Waals surface area contributed by atoms with Crippen LogP contribution in [-0.2, 0) is 10.0 Å². The van der Waals surface area contributed by atoms with Crippen LogP contribution in [-0.4, -0.2) is 31.3 Å². The minimum Gasteiger partial charge on any atom is -0.249 e. The fourth-order valence-electron chi connectivity index (χ4n) is 0.942. The van der Waals surface area contributed by atoms with Crippen LogP contribution in [0.3, 0.4) is 0 Å². The Hall–Kier alpha value is -0.970. The van der Waals surface area contributed by atoms with Crippen molar-refractivity contribution in [3.8, 4) is 6.07 Å². The largest absolute Gasteiger partial charge is 0.253 e. The highest BCUT2D eigenvalue weighted by molar-refractivity contribution is 7.91. The maximum atomic E-state index is 11.8. The summed E-state index contributed by atoms with van der Waals surface area (Å²) >= 11 is 1.13. The van der Waals surface area contributed by atoms with Crippen molar-refractivity contribution in [1.82, 2.24) is 9.29 Å². The molecule has 1 heterocycles. The van der Waals surface area contributed by atoms with Gasteiger partial charge in [0.05, 0.1) is 17.3 Å². The zero-order valence-corrected chi connectivity index (χ0v) is 10.1. The van der Waals surface area contributed by atoms with Gasteiger partial charge in [-0.05, 0) is 6.92 Å². The van der Waals surface area contributed by atoms with Gasteiger partial charge in [0.2, 0.25) is 0 Å². The van der Waals surface area contributed by atoms with E-state index in [2.05, 4.69) is 4.98 Å². The maximum Gasteiger partial charge on any atom is 0.253 e. The zero-order chi connectivity index (χ0) is 11.5. The Morgan fingerprint density at radius 1 is 1.67 bits per heavy atom. The first-order chi connectivity index (χ1) is 6.98. The van der Waals surface area contributed by atoms with Gasteiger partial charge in [-0.2, -0.15) is 9.57 Å². The minimum atomic E-state index is -3.45. The van der Waals surface area contributed by atoms with Crippen LogP contribution in [0.1, 0.15) is 11.4 Å². The van der Waals surface area contributed by atoms with E-state index in [1.54, 1.807) is 6.92 Å². The Morgan fingerprint density at radius 3 is 2.80 bits per heavy atom. The lowest BCUT2D eigenvalue weighted by Gasteiger charge is -2.13. The van der Waals surface area contributed by atoms with Crippen molar-refractivity contribution in [2.45, 2.75) is 17.6 Å². The number of sulfonamides is 1. The van der Waals surface area contributed by atoms with Crippen LogP contribution in [0.25, 0.3) is 0 Å². The van der Waals surface area contributed by atoms with Gasteiger partial charge in [0.25, 0.3) is 10.0 Å². The number of aryl methyl sites for hydroxylation is 1. The summed E-state index contributed by atoms with van der Waals surface area (Å²) in [6, 6.07) is 1.91. The molecule has 1 aromatic heterocycles. The van der Waals surface area contributed by atoms with Crippen molar-refractivity contribution in [1.29, 1.82) is 5.26 Å². The molecule has 0 atom stereocenters. The molecule has 82 valence electrons. The van der Waals surface area contributed by atoms with Gasteiger partial charge in [0.15, 0.2) is 4.21 Å². The van der Waals surface area contributed by atoms with E-state index in [0.29, 0.717) is 5.01 Å². The molecule has 15 heavy (non-hydrogen) atoms. The van der Waals surface area contributed by atoms with E-state index < -0.39 is 10.0 Å². The highest BCUT2D eigenvalue weighted by Crippen LogP contribution is 2.21. The summed E-state index contributed by atoms with van der Waals surface area (Å²) in [6.07, 6.45) is 1.53. The first-order valence-corrected chi connectivity index (χ1v) is 6.50. The van der Waals surface area contributed by atoms with E-state index >= 15 is 0 Å². The summed E-state index contributed by atoms with van der Waals surface area (Å²) in [5.74, 6) is 0. The molecule has 0 saturated heterocycles. The number of aromatic nitrogens is 1. The molecule has 0 spiro atoms. The van der Waals surface area contributed by atoms with Gasteiger partial charge in [0.1, 0.15) is 0 Å². The molecule has 0 fully saturated rings. The van der Waals surface area contributed by atoms with Gasteiger partial charge >= 0.3 is 0 Å². The predicted molar refractivity (Wildman–Crippen MR) is 56.9 cm³/mol. The molecular formula is C8H11N3O2S2. The first kappa shape index (κ1) is 12.1. The molecule has 0 radical (unpaired) electrons. The van der Waals surface area contributed by atoms with Gasteiger partial charge in [-0.15, -0.1) is 11.3 Å². The molecular weight excluding hydrogens is 234 g/mol. The van der Waals surface area contributed by atoms with E-state index in [-0.39, 0.29) is 17.2 Å². The Morgan fingerprint density at radius 2 is 2.33 bits per heavy atom. The zero-order valence-electron chi connectivity index (χ0n) is 8.47. The number of nitriles is 1. The summed E-state index contributed by atoms with van der Waals surface area (Å²) in [6.45, 7) is 1.95. The quantitative estimate of drug-likeness (QED) is 0.792. The molecule has 0 N–H and O–H groups in total. The molecule has 0 aliphatic carbocycles. The molecule has 1 aromatic rings. The third kappa shape index (κ3) is 2.75. The number of rotatable bonds is 4. The second-order valence-electron chi connectivity index (χ2n) is 2.93. The highest BCUT2D eigenvalue weighted by atomic mass is 32.2. The fraction of sp³-hybridized carbons (Fsp3) is 0.500. The number of thiazole rings is 1. The highest BCUT2D eigenvalue weighted by Gasteiger charge is 2.22. The Kier molecular flexibility index (Phi) is 3.79. The van der Waals surface area contributed by atoms with E-state index in [0.717, 1.165) is 11.3 Å². The molecule has 1 rings (SSSR count). The van der Waals surface area contributed by atoms with Gasteiger partial charge in [-0.1, -0.05) is 0 Å². The van der Waals surface area contributed by atoms with Crippen LogP contribution >= 0.6 is 11.3 Å². The van der Waals surface area contributed by atoms with E-state index in [4.69, 9.17) is 5.26 Å². The SMILES string of the molecule is Cc1ncc(S(=O)(=O)N(C)CCC#N)s1. The molecule has 0 unspecified atom stereocenters. The molecule has 7 heteroatoms. The monoisotopic (exact) mass is 245 g/mol. The van der Waals surface area contributed by atoms with Crippen LogP contribution in [0.15, 0.2) is 10.4 Å². The van der Waals surface area contributed by atoms with Crippen LogP contribution < -0.4 is 0 Å². The molecule has 0 aliphatic rings. The topological polar surface area (TPSA) is 74.1 Å². The van der Waals surface area contributed by atoms with E-state index in [1.807, 2.05) is 6.07 Å². The summed E-state index contributed by atoms with van der Waals surface area (Å²) in [5.41, 5.74) is 0. The fourth-order valence-corrected chi connectivity index (χ4v) is 3.43. The van der Waals surface area contributed by atoms with Gasteiger partial charge in [0, 0.05) is 20.0 Å². The predicted octanol–water partition coefficient (Wildman–Crippen LogP) is 0.986. The summed E-state index contributed by atoms with van der Waals surface area (Å²) < 4.78 is 25.1. The Bertz CT molecular complexity index is 472. The van der Waals surface area contributed by atoms with Crippen molar-refractivity contribution < 1.29 is 8.42 Å². The third-order valence-corrected chi connectivity index (χ3v) is 5.01. The third-order valence-electron chi connectivity index (χ3n) is 1.80. The van der Waals surface area contributed by atoms with Gasteiger partial charge < -0.3 is 0 Å². The second kappa shape index (κ2) is 4.70. The van der Waals surface area contributed by atoms with Crippen molar-refractivity contribution in [3.05, 3.63) is 11.2 Å². The van der Waals surface area contributed by atoms with E-state index in [1.165, 1.54) is 17.5 Å². The van der Waals surface area contributed by atoms with Crippen LogP contribution in [0.2, 0.25) is 0 Å². The number of nitrogens with zero attached hydrogens (tertiary/aromatic N) is 3. The van der Waals surface area contributed by atoms with Gasteiger partial charge in [-0.3, -0.25) is 0 Å². The molecule has 0 saturated carbocycles. The summed E-state index contributed by atoms with van der Waals surface area (Å²) in [7, 11) is -1.99. The molecule has 0 aromatic carbocycles. The molecule has 0 aliphatic heterocycles. The van der Waals surface area contributed by atoms with Gasteiger partial charge in [-0.25, -0.2) is 13.4 Å². The lowest BCUT2D eigenvalue weighted by molar-refractivity contribution is 0.478. The number of hydrogen-bond donors (Lipinski definition) is 0. The van der Waals surface area contributed by atoms with Crippen molar-refractivity contribution >= 4 is 21.4 Å².